The Bertz CT molecular complexity index is 761. The average molecular weight is 323 g/mol. The van der Waals surface area contributed by atoms with Gasteiger partial charge < -0.3 is 4.74 Å². The van der Waals surface area contributed by atoms with Crippen LogP contribution in [0.4, 0.5) is 13.2 Å². The van der Waals surface area contributed by atoms with Gasteiger partial charge in [0, 0.05) is 16.1 Å². The van der Waals surface area contributed by atoms with E-state index in [4.69, 9.17) is 16.3 Å². The van der Waals surface area contributed by atoms with Crippen LogP contribution in [0.5, 0.6) is 5.75 Å². The summed E-state index contributed by atoms with van der Waals surface area (Å²) in [6.45, 7) is 0. The van der Waals surface area contributed by atoms with Crippen molar-refractivity contribution in [2.75, 3.05) is 0 Å². The van der Waals surface area contributed by atoms with Gasteiger partial charge in [-0.15, -0.1) is 0 Å². The minimum atomic E-state index is -4.48. The van der Waals surface area contributed by atoms with E-state index in [1.54, 1.807) is 42.5 Å². The third kappa shape index (κ3) is 3.02. The highest BCUT2D eigenvalue weighted by molar-refractivity contribution is 6.30. The van der Waals surface area contributed by atoms with Crippen LogP contribution in [0.3, 0.4) is 0 Å². The molecule has 2 aromatic rings. The van der Waals surface area contributed by atoms with Crippen molar-refractivity contribution in [1.29, 1.82) is 0 Å². The van der Waals surface area contributed by atoms with E-state index in [2.05, 4.69) is 0 Å². The number of benzene rings is 2. The summed E-state index contributed by atoms with van der Waals surface area (Å²) in [6, 6.07) is 13.2. The predicted octanol–water partition coefficient (Wildman–Crippen LogP) is 5.72. The fourth-order valence-corrected chi connectivity index (χ4v) is 2.31. The molecule has 0 N–H and O–H groups in total. The molecule has 22 heavy (non-hydrogen) atoms. The summed E-state index contributed by atoms with van der Waals surface area (Å²) in [7, 11) is 0. The van der Waals surface area contributed by atoms with Crippen LogP contribution in [0.25, 0.3) is 11.8 Å². The fourth-order valence-electron chi connectivity index (χ4n) is 2.13. The lowest BCUT2D eigenvalue weighted by Crippen LogP contribution is -2.10. The molecule has 1 nitrogen and oxygen atoms in total. The summed E-state index contributed by atoms with van der Waals surface area (Å²) in [5.74, 6) is 0.476. The number of ether oxygens (including phenoxy) is 1. The van der Waals surface area contributed by atoms with Gasteiger partial charge in [-0.2, -0.15) is 13.2 Å². The molecule has 0 atom stereocenters. The van der Waals surface area contributed by atoms with E-state index >= 15 is 0 Å². The third-order valence-corrected chi connectivity index (χ3v) is 3.41. The van der Waals surface area contributed by atoms with Crippen molar-refractivity contribution in [3.63, 3.8) is 0 Å². The van der Waals surface area contributed by atoms with Crippen LogP contribution < -0.4 is 4.74 Å². The Hall–Kier alpha value is -2.20. The first-order chi connectivity index (χ1) is 10.4. The zero-order chi connectivity index (χ0) is 15.7. The van der Waals surface area contributed by atoms with Gasteiger partial charge in [-0.25, -0.2) is 0 Å². The van der Waals surface area contributed by atoms with Crippen LogP contribution in [-0.4, -0.2) is 6.18 Å². The molecule has 0 saturated heterocycles. The summed E-state index contributed by atoms with van der Waals surface area (Å²) < 4.78 is 45.3. The zero-order valence-corrected chi connectivity index (χ0v) is 11.9. The van der Waals surface area contributed by atoms with Crippen LogP contribution in [0.15, 0.2) is 60.2 Å². The van der Waals surface area contributed by atoms with Gasteiger partial charge in [0.2, 0.25) is 0 Å². The van der Waals surface area contributed by atoms with Crippen LogP contribution in [-0.2, 0) is 0 Å². The van der Waals surface area contributed by atoms with E-state index in [1.807, 2.05) is 0 Å². The first-order valence-electron chi connectivity index (χ1n) is 6.47. The molecular formula is C17H10ClF3O. The molecule has 112 valence electrons. The molecule has 1 aliphatic heterocycles. The Morgan fingerprint density at radius 3 is 2.32 bits per heavy atom. The van der Waals surface area contributed by atoms with E-state index in [-0.39, 0.29) is 5.76 Å². The maximum atomic E-state index is 13.2. The number of allylic oxidation sites excluding steroid dienone is 2. The van der Waals surface area contributed by atoms with Gasteiger partial charge in [0.05, 0.1) is 5.57 Å². The van der Waals surface area contributed by atoms with Crippen molar-refractivity contribution >= 4 is 23.4 Å². The number of halogens is 4. The number of rotatable bonds is 1. The topological polar surface area (TPSA) is 9.23 Å². The third-order valence-electron chi connectivity index (χ3n) is 3.17. The molecule has 0 amide bonds. The first kappa shape index (κ1) is 14.7. The van der Waals surface area contributed by atoms with Crippen LogP contribution >= 0.6 is 11.6 Å². The molecule has 1 heterocycles. The van der Waals surface area contributed by atoms with Crippen molar-refractivity contribution in [3.05, 3.63) is 76.3 Å². The second-order valence-electron chi connectivity index (χ2n) is 4.76. The van der Waals surface area contributed by atoms with E-state index in [9.17, 15) is 13.2 Å². The van der Waals surface area contributed by atoms with Gasteiger partial charge >= 0.3 is 6.18 Å². The second-order valence-corrected chi connectivity index (χ2v) is 5.19. The Morgan fingerprint density at radius 1 is 0.909 bits per heavy atom. The molecule has 0 fully saturated rings. The summed E-state index contributed by atoms with van der Waals surface area (Å²) in [6.07, 6.45) is -2.44. The van der Waals surface area contributed by atoms with Crippen molar-refractivity contribution in [2.24, 2.45) is 0 Å². The average Bonchev–Trinajstić information content (AvgIpc) is 2.67. The molecule has 0 radical (unpaired) electrons. The molecular weight excluding hydrogens is 313 g/mol. The highest BCUT2D eigenvalue weighted by Crippen LogP contribution is 2.38. The minimum Gasteiger partial charge on any atom is -0.456 e. The molecule has 0 spiro atoms. The highest BCUT2D eigenvalue weighted by atomic mass is 35.5. The first-order valence-corrected chi connectivity index (χ1v) is 6.85. The molecule has 3 rings (SSSR count). The van der Waals surface area contributed by atoms with E-state index in [0.29, 0.717) is 21.9 Å². The maximum Gasteiger partial charge on any atom is 0.416 e. The van der Waals surface area contributed by atoms with Crippen molar-refractivity contribution in [1.82, 2.24) is 0 Å². The summed E-state index contributed by atoms with van der Waals surface area (Å²) in [4.78, 5) is 0. The molecule has 1 aliphatic rings. The molecule has 5 heteroatoms. The van der Waals surface area contributed by atoms with E-state index < -0.39 is 11.7 Å². The smallest absolute Gasteiger partial charge is 0.416 e. The van der Waals surface area contributed by atoms with Crippen LogP contribution in [0, 0.1) is 0 Å². The monoisotopic (exact) mass is 322 g/mol. The lowest BCUT2D eigenvalue weighted by atomic mass is 10.1. The van der Waals surface area contributed by atoms with Gasteiger partial charge in [0.25, 0.3) is 0 Å². The number of hydrogen-bond donors (Lipinski definition) is 0. The minimum absolute atomic E-state index is 0.144. The van der Waals surface area contributed by atoms with Gasteiger partial charge in [0.15, 0.2) is 0 Å². The van der Waals surface area contributed by atoms with Crippen molar-refractivity contribution in [3.8, 4) is 5.75 Å². The fraction of sp³-hybridized carbons (Fsp3) is 0.0588. The number of hydrogen-bond acceptors (Lipinski definition) is 1. The largest absolute Gasteiger partial charge is 0.456 e. The summed E-state index contributed by atoms with van der Waals surface area (Å²) in [5, 5.41) is 0.350. The van der Waals surface area contributed by atoms with Gasteiger partial charge in [-0.3, -0.25) is 0 Å². The van der Waals surface area contributed by atoms with Crippen LogP contribution in [0.1, 0.15) is 11.1 Å². The maximum absolute atomic E-state index is 13.2. The molecule has 0 bridgehead atoms. The molecule has 2 aromatic carbocycles. The number of alkyl halides is 3. The normalized spacial score (nSPS) is 14.4. The Labute approximate surface area is 130 Å². The van der Waals surface area contributed by atoms with E-state index in [1.165, 1.54) is 6.07 Å². The summed E-state index contributed by atoms with van der Waals surface area (Å²) >= 11 is 5.86. The Balaban J connectivity index is 2.17. The second kappa shape index (κ2) is 5.54. The van der Waals surface area contributed by atoms with Crippen molar-refractivity contribution in [2.45, 2.75) is 6.18 Å². The SMILES string of the molecule is FC(F)(F)C1=Cc2cc(Cl)ccc2OC(c2ccccc2)=C1. The van der Waals surface area contributed by atoms with E-state index in [0.717, 1.165) is 12.2 Å². The quantitative estimate of drug-likeness (QED) is 0.652. The molecule has 0 aromatic heterocycles. The predicted molar refractivity (Wildman–Crippen MR) is 80.5 cm³/mol. The summed E-state index contributed by atoms with van der Waals surface area (Å²) in [5.41, 5.74) is 0.0785. The van der Waals surface area contributed by atoms with Gasteiger partial charge in [-0.1, -0.05) is 41.9 Å². The standard InChI is InChI=1S/C17H10ClF3O/c18-14-6-7-15-12(9-14)8-13(17(19,20)21)10-16(22-15)11-4-2-1-3-5-11/h1-10H. The zero-order valence-electron chi connectivity index (χ0n) is 11.2. The Kier molecular flexibility index (Phi) is 3.71. The molecule has 0 aliphatic carbocycles. The molecule has 0 saturated carbocycles. The van der Waals surface area contributed by atoms with Gasteiger partial charge in [0.1, 0.15) is 11.5 Å². The number of fused-ring (bicyclic) bond motifs is 1. The lowest BCUT2D eigenvalue weighted by molar-refractivity contribution is -0.0872. The highest BCUT2D eigenvalue weighted by Gasteiger charge is 2.34. The van der Waals surface area contributed by atoms with Crippen molar-refractivity contribution < 1.29 is 17.9 Å². The van der Waals surface area contributed by atoms with Gasteiger partial charge in [-0.05, 0) is 30.4 Å². The van der Waals surface area contributed by atoms with Crippen LogP contribution in [0.2, 0.25) is 5.02 Å². The Morgan fingerprint density at radius 2 is 1.64 bits per heavy atom. The lowest BCUT2D eigenvalue weighted by Gasteiger charge is -2.11. The molecule has 0 unspecified atom stereocenters.